The van der Waals surface area contributed by atoms with Gasteiger partial charge in [-0.3, -0.25) is 9.55 Å². The lowest BCUT2D eigenvalue weighted by Gasteiger charge is -2.18. The zero-order valence-electron chi connectivity index (χ0n) is 33.2. The van der Waals surface area contributed by atoms with Gasteiger partial charge in [-0.15, -0.1) is 0 Å². The maximum atomic E-state index is 11.3. The van der Waals surface area contributed by atoms with Crippen LogP contribution in [-0.2, 0) is 37.5 Å². The van der Waals surface area contributed by atoms with E-state index in [9.17, 15) is 24.7 Å². The monoisotopic (exact) mass is 896 g/mol. The Kier molecular flexibility index (Phi) is 17.6. The number of hydrogen-bond donors (Lipinski definition) is 7. The molecule has 0 amide bonds. The normalized spacial score (nSPS) is 11.5. The van der Waals surface area contributed by atoms with Gasteiger partial charge < -0.3 is 49.5 Å². The minimum atomic E-state index is -4.10. The molecule has 0 aliphatic carbocycles. The maximum Gasteiger partial charge on any atom is 0.325 e. The smallest absolute Gasteiger partial charge is 0.325 e. The van der Waals surface area contributed by atoms with Crippen molar-refractivity contribution in [2.45, 2.75) is 59.6 Å². The minimum absolute atomic E-state index is 0.0417. The van der Waals surface area contributed by atoms with Gasteiger partial charge in [-0.25, -0.2) is 0 Å². The molecule has 0 saturated heterocycles. The zero-order chi connectivity index (χ0) is 43.2. The number of nitrogens with zero attached hydrogens (tertiary/aromatic N) is 2. The molecule has 5 aromatic rings. The molecule has 0 atom stereocenters. The van der Waals surface area contributed by atoms with Crippen molar-refractivity contribution in [3.05, 3.63) is 134 Å². The molecular weight excluding hydrogens is 849 g/mol. The molecule has 60 heavy (non-hydrogen) atoms. The topological polar surface area (TPSA) is 207 Å². The summed E-state index contributed by atoms with van der Waals surface area (Å²) < 4.78 is 29.9. The van der Waals surface area contributed by atoms with E-state index in [0.29, 0.717) is 88.3 Å². The number of pyridine rings is 1. The van der Waals surface area contributed by atoms with Gasteiger partial charge in [0.05, 0.1) is 21.8 Å². The van der Waals surface area contributed by atoms with E-state index in [2.05, 4.69) is 33.8 Å². The summed E-state index contributed by atoms with van der Waals surface area (Å²) in [7, 11) is -6.01. The molecule has 0 aliphatic heterocycles. The van der Waals surface area contributed by atoms with Gasteiger partial charge in [0.15, 0.2) is 8.38 Å². The average Bonchev–Trinajstić information content (AvgIpc) is 3.21. The number of halogens is 2. The molecule has 0 bridgehead atoms. The highest BCUT2D eigenvalue weighted by Gasteiger charge is 2.17. The first-order chi connectivity index (χ1) is 28.7. The van der Waals surface area contributed by atoms with Gasteiger partial charge in [0.25, 0.3) is 0 Å². The van der Waals surface area contributed by atoms with Crippen LogP contribution in [0.1, 0.15) is 57.3 Å². The summed E-state index contributed by atoms with van der Waals surface area (Å²) in [5.41, 5.74) is 8.35. The highest BCUT2D eigenvalue weighted by Crippen LogP contribution is 2.38. The minimum Gasteiger partial charge on any atom is -0.507 e. The molecule has 7 N–H and O–H groups in total. The molecule has 13 nitrogen and oxygen atoms in total. The van der Waals surface area contributed by atoms with Gasteiger partial charge in [0, 0.05) is 60.5 Å². The summed E-state index contributed by atoms with van der Waals surface area (Å²) >= 11 is 13.3. The molecular formula is C43H48Cl2N4O9P2. The molecule has 0 radical (unpaired) electrons. The van der Waals surface area contributed by atoms with Crippen molar-refractivity contribution in [3.63, 3.8) is 0 Å². The summed E-state index contributed by atoms with van der Waals surface area (Å²) in [4.78, 5) is 40.7. The Morgan fingerprint density at radius 1 is 0.750 bits per heavy atom. The Morgan fingerprint density at radius 2 is 1.32 bits per heavy atom. The van der Waals surface area contributed by atoms with Crippen LogP contribution in [0.5, 0.6) is 23.0 Å². The van der Waals surface area contributed by atoms with Crippen LogP contribution in [0.15, 0.2) is 79.1 Å². The van der Waals surface area contributed by atoms with E-state index in [1.54, 1.807) is 30.5 Å². The SMILES string of the molecule is Cc1c(COc2cc(O)c(CNCCCP(O)O)cc2Cl)cccc1-c1cccc(COc2cc(OCc3cncc(C#N)c3)c(CNCCCP(=O)(O)O)cc2Cl)c1C. The fourth-order valence-electron chi connectivity index (χ4n) is 6.36. The lowest BCUT2D eigenvalue weighted by atomic mass is 9.92. The Bertz CT molecular complexity index is 2340. The van der Waals surface area contributed by atoms with E-state index >= 15 is 0 Å². The number of ether oxygens (including phenoxy) is 3. The molecule has 0 spiro atoms. The van der Waals surface area contributed by atoms with Crippen molar-refractivity contribution >= 4 is 39.2 Å². The van der Waals surface area contributed by atoms with Crippen LogP contribution in [0.2, 0.25) is 10.0 Å². The summed E-state index contributed by atoms with van der Waals surface area (Å²) in [6.45, 7) is 6.22. The number of nitrogens with one attached hydrogen (secondary N) is 2. The number of aromatic nitrogens is 1. The maximum absolute atomic E-state index is 11.3. The van der Waals surface area contributed by atoms with Crippen LogP contribution < -0.4 is 24.8 Å². The number of phenolic OH excluding ortho intramolecular Hbond substituents is 1. The molecule has 5 rings (SSSR count). The van der Waals surface area contributed by atoms with Crippen LogP contribution in [0.3, 0.4) is 0 Å². The largest absolute Gasteiger partial charge is 0.507 e. The number of hydrogen-bond acceptors (Lipinski definition) is 11. The van der Waals surface area contributed by atoms with Gasteiger partial charge >= 0.3 is 7.60 Å². The third-order valence-corrected chi connectivity index (χ3v) is 11.9. The Balaban J connectivity index is 1.28. The summed E-state index contributed by atoms with van der Waals surface area (Å²) in [6, 6.07) is 22.4. The van der Waals surface area contributed by atoms with Gasteiger partial charge in [-0.05, 0) is 91.4 Å². The quantitative estimate of drug-likeness (QED) is 0.0258. The third kappa shape index (κ3) is 13.9. The third-order valence-electron chi connectivity index (χ3n) is 9.66. The van der Waals surface area contributed by atoms with Crippen molar-refractivity contribution in [1.29, 1.82) is 5.26 Å². The molecule has 1 heterocycles. The first-order valence-corrected chi connectivity index (χ1v) is 23.1. The Labute approximate surface area is 361 Å². The van der Waals surface area contributed by atoms with E-state index in [1.165, 1.54) is 12.3 Å². The lowest BCUT2D eigenvalue weighted by Crippen LogP contribution is -2.16. The van der Waals surface area contributed by atoms with Crippen molar-refractivity contribution in [2.75, 3.05) is 25.4 Å². The summed E-state index contributed by atoms with van der Waals surface area (Å²) in [5.74, 6) is 1.27. The van der Waals surface area contributed by atoms with Crippen LogP contribution in [0, 0.1) is 25.2 Å². The van der Waals surface area contributed by atoms with E-state index in [1.807, 2.05) is 38.1 Å². The number of phenols is 1. The second-order valence-corrected chi connectivity index (χ2v) is 17.9. The van der Waals surface area contributed by atoms with Crippen LogP contribution in [-0.4, -0.2) is 55.1 Å². The van der Waals surface area contributed by atoms with Gasteiger partial charge in [-0.1, -0.05) is 59.6 Å². The molecule has 17 heteroatoms. The Morgan fingerprint density at radius 3 is 1.92 bits per heavy atom. The van der Waals surface area contributed by atoms with Crippen LogP contribution >= 0.6 is 39.2 Å². The van der Waals surface area contributed by atoms with Gasteiger partial charge in [-0.2, -0.15) is 5.26 Å². The molecule has 0 fully saturated rings. The van der Waals surface area contributed by atoms with E-state index in [0.717, 1.165) is 33.4 Å². The standard InChI is InChI=1S/C43H48Cl2N4O9P2/c1-28-32(26-57-42-18-40(50)34(16-38(42)44)23-47-11-5-13-59(51)52)7-3-9-36(28)37-10-4-8-33(29(37)2)27-58-43-19-41(56-25-31-15-30(20-46)21-49-22-31)35(17-39(43)45)24-48-12-6-14-60(53,54)55/h3-4,7-10,15-19,21-22,47-48,50-52H,5-6,11-14,23-27H2,1-2H3,(H2,53,54,55). The first-order valence-electron chi connectivity index (χ1n) is 19.1. The summed E-state index contributed by atoms with van der Waals surface area (Å²) in [5, 5.41) is 27.0. The molecule has 0 aliphatic rings. The predicted octanol–water partition coefficient (Wildman–Crippen LogP) is 8.42. The highest BCUT2D eigenvalue weighted by molar-refractivity contribution is 7.51. The first kappa shape index (κ1) is 46.8. The second kappa shape index (κ2) is 22.5. The number of rotatable bonds is 22. The van der Waals surface area contributed by atoms with E-state index in [-0.39, 0.29) is 38.2 Å². The zero-order valence-corrected chi connectivity index (χ0v) is 36.5. The fourth-order valence-corrected chi connectivity index (χ4v) is 7.85. The fraction of sp³-hybridized carbons (Fsp3) is 0.302. The molecule has 1 aromatic heterocycles. The van der Waals surface area contributed by atoms with E-state index < -0.39 is 16.0 Å². The number of aromatic hydroxyl groups is 1. The average molecular weight is 898 g/mol. The predicted molar refractivity (Wildman–Crippen MR) is 234 cm³/mol. The Hall–Kier alpha value is -4.28. The van der Waals surface area contributed by atoms with Crippen molar-refractivity contribution in [3.8, 4) is 40.2 Å². The van der Waals surface area contributed by atoms with Crippen molar-refractivity contribution < 1.29 is 43.5 Å². The summed E-state index contributed by atoms with van der Waals surface area (Å²) in [6.07, 6.45) is 4.07. The van der Waals surface area contributed by atoms with Crippen LogP contribution in [0.25, 0.3) is 11.1 Å². The van der Waals surface area contributed by atoms with Gasteiger partial charge in [0.2, 0.25) is 0 Å². The van der Waals surface area contributed by atoms with Gasteiger partial charge in [0.1, 0.15) is 48.9 Å². The number of benzene rings is 4. The highest BCUT2D eigenvalue weighted by atomic mass is 35.5. The molecule has 318 valence electrons. The molecule has 0 saturated carbocycles. The molecule has 4 aromatic carbocycles. The van der Waals surface area contributed by atoms with Crippen molar-refractivity contribution in [1.82, 2.24) is 15.6 Å². The van der Waals surface area contributed by atoms with E-state index in [4.69, 9.17) is 47.2 Å². The molecule has 0 unspecified atom stereocenters. The van der Waals surface area contributed by atoms with Crippen LogP contribution in [0.4, 0.5) is 0 Å². The lowest BCUT2D eigenvalue weighted by molar-refractivity contribution is 0.287. The second-order valence-electron chi connectivity index (χ2n) is 14.1. The van der Waals surface area contributed by atoms with Crippen molar-refractivity contribution in [2.24, 2.45) is 0 Å². The number of nitriles is 1.